The highest BCUT2D eigenvalue weighted by molar-refractivity contribution is 4.46. The van der Waals surface area contributed by atoms with Crippen LogP contribution < -0.4 is 0 Å². The highest BCUT2D eigenvalue weighted by Crippen LogP contribution is 2.09. The van der Waals surface area contributed by atoms with Crippen molar-refractivity contribution in [1.82, 2.24) is 0 Å². The first-order valence-corrected chi connectivity index (χ1v) is 8.59. The SMILES string of the molecule is CCCCCCCCCCCCO.CCCOC(C)O. The Kier molecular flexibility index (Phi) is 23.5. The van der Waals surface area contributed by atoms with Gasteiger partial charge in [-0.1, -0.05) is 71.6 Å². The van der Waals surface area contributed by atoms with Crippen LogP contribution in [0.25, 0.3) is 0 Å². The average Bonchev–Trinajstić information content (AvgIpc) is 2.44. The summed E-state index contributed by atoms with van der Waals surface area (Å²) in [7, 11) is 0. The molecule has 0 spiro atoms. The van der Waals surface area contributed by atoms with Crippen molar-refractivity contribution >= 4 is 0 Å². The number of hydrogen-bond acceptors (Lipinski definition) is 3. The summed E-state index contributed by atoms with van der Waals surface area (Å²) >= 11 is 0. The molecule has 0 radical (unpaired) electrons. The Morgan fingerprint density at radius 2 is 1.20 bits per heavy atom. The van der Waals surface area contributed by atoms with Crippen LogP contribution in [0, 0.1) is 0 Å². The minimum atomic E-state index is -0.597. The minimum absolute atomic E-state index is 0.372. The molecule has 2 N–H and O–H groups in total. The zero-order chi connectivity index (χ0) is 15.5. The molecular formula is C17H38O3. The first kappa shape index (κ1) is 22.2. The molecule has 1 unspecified atom stereocenters. The van der Waals surface area contributed by atoms with Crippen LogP contribution in [-0.4, -0.2) is 29.7 Å². The molecule has 0 aliphatic heterocycles. The normalized spacial score (nSPS) is 11.8. The molecule has 3 nitrogen and oxygen atoms in total. The highest BCUT2D eigenvalue weighted by atomic mass is 16.6. The Labute approximate surface area is 126 Å². The summed E-state index contributed by atoms with van der Waals surface area (Å²) < 4.78 is 4.75. The third-order valence-corrected chi connectivity index (χ3v) is 3.07. The van der Waals surface area contributed by atoms with Crippen LogP contribution in [0.3, 0.4) is 0 Å². The number of unbranched alkanes of at least 4 members (excludes halogenated alkanes) is 9. The van der Waals surface area contributed by atoms with Gasteiger partial charge in [0, 0.05) is 13.2 Å². The van der Waals surface area contributed by atoms with Crippen molar-refractivity contribution in [3.8, 4) is 0 Å². The molecule has 0 saturated carbocycles. The van der Waals surface area contributed by atoms with Gasteiger partial charge in [0.15, 0.2) is 6.29 Å². The first-order chi connectivity index (χ1) is 9.68. The van der Waals surface area contributed by atoms with Crippen molar-refractivity contribution in [3.63, 3.8) is 0 Å². The summed E-state index contributed by atoms with van der Waals surface area (Å²) in [6, 6.07) is 0. The standard InChI is InChI=1S/C12H26O.C5H12O2/c1-2-3-4-5-6-7-8-9-10-11-12-13;1-3-4-7-5(2)6/h13H,2-12H2,1H3;5-6H,3-4H2,1-2H3. The van der Waals surface area contributed by atoms with Crippen LogP contribution >= 0.6 is 0 Å². The fraction of sp³-hybridized carbons (Fsp3) is 1.00. The van der Waals surface area contributed by atoms with E-state index in [4.69, 9.17) is 14.9 Å². The predicted molar refractivity (Wildman–Crippen MR) is 86.9 cm³/mol. The van der Waals surface area contributed by atoms with E-state index in [1.54, 1.807) is 6.92 Å². The molecule has 0 saturated heterocycles. The van der Waals surface area contributed by atoms with Crippen LogP contribution in [0.4, 0.5) is 0 Å². The fourth-order valence-electron chi connectivity index (χ4n) is 1.89. The van der Waals surface area contributed by atoms with Crippen molar-refractivity contribution in [3.05, 3.63) is 0 Å². The van der Waals surface area contributed by atoms with Crippen molar-refractivity contribution in [2.45, 2.75) is 97.7 Å². The van der Waals surface area contributed by atoms with Gasteiger partial charge in [-0.25, -0.2) is 0 Å². The Bertz CT molecular complexity index is 139. The van der Waals surface area contributed by atoms with E-state index in [0.29, 0.717) is 13.2 Å². The largest absolute Gasteiger partial charge is 0.396 e. The van der Waals surface area contributed by atoms with Crippen LogP contribution in [0.15, 0.2) is 0 Å². The Morgan fingerprint density at radius 1 is 0.750 bits per heavy atom. The van der Waals surface area contributed by atoms with Gasteiger partial charge >= 0.3 is 0 Å². The molecule has 3 heteroatoms. The van der Waals surface area contributed by atoms with E-state index >= 15 is 0 Å². The lowest BCUT2D eigenvalue weighted by molar-refractivity contribution is -0.0846. The smallest absolute Gasteiger partial charge is 0.151 e. The molecule has 20 heavy (non-hydrogen) atoms. The molecule has 0 aliphatic carbocycles. The number of aliphatic hydroxyl groups excluding tert-OH is 2. The van der Waals surface area contributed by atoms with Crippen LogP contribution in [-0.2, 0) is 4.74 Å². The molecule has 124 valence electrons. The van der Waals surface area contributed by atoms with Gasteiger partial charge in [0.2, 0.25) is 0 Å². The lowest BCUT2D eigenvalue weighted by Crippen LogP contribution is -2.05. The van der Waals surface area contributed by atoms with E-state index in [1.165, 1.54) is 57.8 Å². The molecule has 1 atom stereocenters. The maximum atomic E-state index is 8.57. The minimum Gasteiger partial charge on any atom is -0.396 e. The van der Waals surface area contributed by atoms with E-state index in [1.807, 2.05) is 6.92 Å². The van der Waals surface area contributed by atoms with Crippen molar-refractivity contribution < 1.29 is 14.9 Å². The van der Waals surface area contributed by atoms with Crippen molar-refractivity contribution in [2.24, 2.45) is 0 Å². The van der Waals surface area contributed by atoms with Crippen molar-refractivity contribution in [1.29, 1.82) is 0 Å². The summed E-state index contributed by atoms with van der Waals surface area (Å²) in [4.78, 5) is 0. The maximum Gasteiger partial charge on any atom is 0.151 e. The summed E-state index contributed by atoms with van der Waals surface area (Å²) in [5.41, 5.74) is 0. The van der Waals surface area contributed by atoms with E-state index in [2.05, 4.69) is 6.92 Å². The van der Waals surface area contributed by atoms with E-state index in [9.17, 15) is 0 Å². The molecule has 0 aromatic heterocycles. The lowest BCUT2D eigenvalue weighted by atomic mass is 10.1. The zero-order valence-electron chi connectivity index (χ0n) is 14.1. The van der Waals surface area contributed by atoms with Gasteiger partial charge in [-0.3, -0.25) is 0 Å². The Morgan fingerprint density at radius 3 is 1.50 bits per heavy atom. The molecular weight excluding hydrogens is 252 g/mol. The molecule has 0 aromatic carbocycles. The van der Waals surface area contributed by atoms with Gasteiger partial charge in [-0.05, 0) is 19.8 Å². The Hall–Kier alpha value is -0.120. The van der Waals surface area contributed by atoms with Gasteiger partial charge in [0.25, 0.3) is 0 Å². The maximum absolute atomic E-state index is 8.57. The number of rotatable bonds is 13. The van der Waals surface area contributed by atoms with E-state index < -0.39 is 6.29 Å². The molecule has 0 heterocycles. The topological polar surface area (TPSA) is 49.7 Å². The number of hydrogen-bond donors (Lipinski definition) is 2. The summed E-state index contributed by atoms with van der Waals surface area (Å²) in [6.45, 7) is 6.89. The second-order valence-corrected chi connectivity index (χ2v) is 5.38. The van der Waals surface area contributed by atoms with Crippen LogP contribution in [0.2, 0.25) is 0 Å². The van der Waals surface area contributed by atoms with E-state index in [0.717, 1.165) is 12.8 Å². The van der Waals surface area contributed by atoms with Gasteiger partial charge in [0.1, 0.15) is 0 Å². The summed E-state index contributed by atoms with van der Waals surface area (Å²) in [6.07, 6.45) is 13.7. The Balaban J connectivity index is 0. The predicted octanol–water partition coefficient (Wildman–Crippen LogP) is 4.65. The molecule has 0 rings (SSSR count). The quantitative estimate of drug-likeness (QED) is 0.383. The summed E-state index contributed by atoms with van der Waals surface area (Å²) in [5.74, 6) is 0. The fourth-order valence-corrected chi connectivity index (χ4v) is 1.89. The molecule has 0 amide bonds. The molecule has 0 aliphatic rings. The molecule has 0 aromatic rings. The highest BCUT2D eigenvalue weighted by Gasteiger charge is 1.91. The van der Waals surface area contributed by atoms with Crippen LogP contribution in [0.5, 0.6) is 0 Å². The monoisotopic (exact) mass is 290 g/mol. The van der Waals surface area contributed by atoms with Gasteiger partial charge in [-0.2, -0.15) is 0 Å². The number of aliphatic hydroxyl groups is 2. The molecule has 0 bridgehead atoms. The van der Waals surface area contributed by atoms with E-state index in [-0.39, 0.29) is 0 Å². The van der Waals surface area contributed by atoms with Gasteiger partial charge in [-0.15, -0.1) is 0 Å². The summed E-state index contributed by atoms with van der Waals surface area (Å²) in [5, 5.41) is 17.0. The molecule has 0 fully saturated rings. The second-order valence-electron chi connectivity index (χ2n) is 5.38. The van der Waals surface area contributed by atoms with Gasteiger partial charge in [0.05, 0.1) is 0 Å². The second kappa shape index (κ2) is 21.2. The lowest BCUT2D eigenvalue weighted by Gasteiger charge is -2.02. The zero-order valence-corrected chi connectivity index (χ0v) is 14.1. The first-order valence-electron chi connectivity index (χ1n) is 8.59. The van der Waals surface area contributed by atoms with Crippen molar-refractivity contribution in [2.75, 3.05) is 13.2 Å². The van der Waals surface area contributed by atoms with Gasteiger partial charge < -0.3 is 14.9 Å². The third-order valence-electron chi connectivity index (χ3n) is 3.07. The number of ether oxygens (including phenoxy) is 1. The van der Waals surface area contributed by atoms with Crippen LogP contribution in [0.1, 0.15) is 91.4 Å². The third kappa shape index (κ3) is 26.4. The average molecular weight is 290 g/mol.